The Bertz CT molecular complexity index is 996. The van der Waals surface area contributed by atoms with Gasteiger partial charge in [0.15, 0.2) is 5.16 Å². The summed E-state index contributed by atoms with van der Waals surface area (Å²) in [6, 6.07) is 5.97. The highest BCUT2D eigenvalue weighted by atomic mass is 32.2. The SMILES string of the molecule is CC1Cc2cccc3c(=O)c(C(=O)NCCSc4ncn[nH]4)cn1c23. The molecule has 1 unspecified atom stereocenters. The number of carbonyl (C=O) groups is 1. The molecule has 3 aromatic rings. The van der Waals surface area contributed by atoms with Crippen LogP contribution in [-0.4, -0.2) is 38.0 Å². The summed E-state index contributed by atoms with van der Waals surface area (Å²) in [7, 11) is 0. The van der Waals surface area contributed by atoms with Crippen molar-refractivity contribution in [1.82, 2.24) is 25.1 Å². The van der Waals surface area contributed by atoms with Gasteiger partial charge in [-0.1, -0.05) is 23.9 Å². The predicted octanol–water partition coefficient (Wildman–Crippen LogP) is 1.76. The third kappa shape index (κ3) is 2.82. The maximum Gasteiger partial charge on any atom is 0.256 e. The van der Waals surface area contributed by atoms with Gasteiger partial charge in [0.25, 0.3) is 5.91 Å². The highest BCUT2D eigenvalue weighted by Gasteiger charge is 2.24. The van der Waals surface area contributed by atoms with Gasteiger partial charge < -0.3 is 9.88 Å². The number of benzene rings is 1. The van der Waals surface area contributed by atoms with Gasteiger partial charge in [-0.15, -0.1) is 0 Å². The molecule has 1 amide bonds. The molecule has 0 radical (unpaired) electrons. The quantitative estimate of drug-likeness (QED) is 0.537. The van der Waals surface area contributed by atoms with Gasteiger partial charge in [0.05, 0.1) is 5.52 Å². The van der Waals surface area contributed by atoms with E-state index in [4.69, 9.17) is 0 Å². The van der Waals surface area contributed by atoms with Crippen LogP contribution >= 0.6 is 11.8 Å². The summed E-state index contributed by atoms with van der Waals surface area (Å²) < 4.78 is 2.05. The predicted molar refractivity (Wildman–Crippen MR) is 96.1 cm³/mol. The Labute approximate surface area is 147 Å². The van der Waals surface area contributed by atoms with E-state index < -0.39 is 0 Å². The van der Waals surface area contributed by atoms with Crippen molar-refractivity contribution < 1.29 is 4.79 Å². The lowest BCUT2D eigenvalue weighted by Gasteiger charge is -2.12. The van der Waals surface area contributed by atoms with Gasteiger partial charge in [0.1, 0.15) is 11.9 Å². The number of hydrogen-bond acceptors (Lipinski definition) is 5. The number of nitrogens with one attached hydrogen (secondary N) is 2. The van der Waals surface area contributed by atoms with Crippen molar-refractivity contribution in [1.29, 1.82) is 0 Å². The molecule has 1 atom stereocenters. The molecule has 0 saturated carbocycles. The molecule has 0 bridgehead atoms. The molecular formula is C17H17N5O2S. The summed E-state index contributed by atoms with van der Waals surface area (Å²) in [4.78, 5) is 29.2. The third-order valence-electron chi connectivity index (χ3n) is 4.39. The molecule has 1 aliphatic rings. The van der Waals surface area contributed by atoms with Crippen LogP contribution in [0, 0.1) is 0 Å². The van der Waals surface area contributed by atoms with E-state index in [2.05, 4.69) is 27.4 Å². The van der Waals surface area contributed by atoms with Crippen LogP contribution in [-0.2, 0) is 6.42 Å². The number of nitrogens with zero attached hydrogens (tertiary/aromatic N) is 3. The molecule has 2 N–H and O–H groups in total. The fourth-order valence-corrected chi connectivity index (χ4v) is 3.89. The highest BCUT2D eigenvalue weighted by Crippen LogP contribution is 2.30. The lowest BCUT2D eigenvalue weighted by Crippen LogP contribution is -2.31. The first-order valence-electron chi connectivity index (χ1n) is 8.08. The van der Waals surface area contributed by atoms with E-state index in [0.717, 1.165) is 17.5 Å². The van der Waals surface area contributed by atoms with Gasteiger partial charge in [-0.3, -0.25) is 14.7 Å². The van der Waals surface area contributed by atoms with E-state index in [1.165, 1.54) is 18.1 Å². The molecule has 0 fully saturated rings. The Balaban J connectivity index is 1.54. The highest BCUT2D eigenvalue weighted by molar-refractivity contribution is 7.99. The summed E-state index contributed by atoms with van der Waals surface area (Å²) in [6.07, 6.45) is 4.02. The maximum atomic E-state index is 12.7. The van der Waals surface area contributed by atoms with Gasteiger partial charge in [0.2, 0.25) is 5.43 Å². The van der Waals surface area contributed by atoms with Crippen LogP contribution in [0.1, 0.15) is 28.9 Å². The molecule has 7 nitrogen and oxygen atoms in total. The van der Waals surface area contributed by atoms with E-state index in [1.54, 1.807) is 12.3 Å². The van der Waals surface area contributed by atoms with E-state index in [9.17, 15) is 9.59 Å². The molecule has 0 spiro atoms. The van der Waals surface area contributed by atoms with Crippen molar-refractivity contribution >= 4 is 28.6 Å². The number of aromatic nitrogens is 4. The first-order valence-corrected chi connectivity index (χ1v) is 9.07. The molecule has 4 rings (SSSR count). The van der Waals surface area contributed by atoms with Crippen molar-refractivity contribution in [2.75, 3.05) is 12.3 Å². The summed E-state index contributed by atoms with van der Waals surface area (Å²) in [5, 5.41) is 10.6. The zero-order valence-corrected chi connectivity index (χ0v) is 14.5. The minimum atomic E-state index is -0.335. The van der Waals surface area contributed by atoms with Crippen LogP contribution in [0.4, 0.5) is 0 Å². The first-order chi connectivity index (χ1) is 12.1. The lowest BCUT2D eigenvalue weighted by molar-refractivity contribution is 0.0954. The average Bonchev–Trinajstić information content (AvgIpc) is 3.23. The minimum Gasteiger partial charge on any atom is -0.351 e. The van der Waals surface area contributed by atoms with Crippen LogP contribution in [0.15, 0.2) is 40.7 Å². The van der Waals surface area contributed by atoms with Crippen LogP contribution in [0.3, 0.4) is 0 Å². The molecular weight excluding hydrogens is 338 g/mol. The second-order valence-electron chi connectivity index (χ2n) is 6.04. The monoisotopic (exact) mass is 355 g/mol. The summed E-state index contributed by atoms with van der Waals surface area (Å²) in [6.45, 7) is 2.54. The van der Waals surface area contributed by atoms with Crippen LogP contribution in [0.5, 0.6) is 0 Å². The zero-order chi connectivity index (χ0) is 17.4. The number of para-hydroxylation sites is 1. The van der Waals surface area contributed by atoms with E-state index >= 15 is 0 Å². The normalized spacial score (nSPS) is 15.6. The van der Waals surface area contributed by atoms with Crippen molar-refractivity contribution in [3.8, 4) is 0 Å². The Morgan fingerprint density at radius 3 is 3.16 bits per heavy atom. The fourth-order valence-electron chi connectivity index (χ4n) is 3.25. The Hall–Kier alpha value is -2.61. The number of carbonyl (C=O) groups excluding carboxylic acids is 1. The second-order valence-corrected chi connectivity index (χ2v) is 7.12. The molecule has 1 aromatic carbocycles. The van der Waals surface area contributed by atoms with Gasteiger partial charge in [-0.2, -0.15) is 5.10 Å². The number of rotatable bonds is 5. The Morgan fingerprint density at radius 1 is 1.48 bits per heavy atom. The average molecular weight is 355 g/mol. The summed E-state index contributed by atoms with van der Waals surface area (Å²) >= 11 is 1.46. The van der Waals surface area contributed by atoms with Gasteiger partial charge >= 0.3 is 0 Å². The molecule has 0 aliphatic carbocycles. The summed E-state index contributed by atoms with van der Waals surface area (Å²) in [5.74, 6) is 0.307. The zero-order valence-electron chi connectivity index (χ0n) is 13.7. The summed E-state index contributed by atoms with van der Waals surface area (Å²) in [5.41, 5.74) is 2.11. The van der Waals surface area contributed by atoms with E-state index in [-0.39, 0.29) is 22.9 Å². The topological polar surface area (TPSA) is 92.7 Å². The molecule has 0 saturated heterocycles. The Kier molecular flexibility index (Phi) is 4.04. The maximum absolute atomic E-state index is 12.7. The number of amides is 1. The van der Waals surface area contributed by atoms with Gasteiger partial charge in [-0.25, -0.2) is 4.98 Å². The van der Waals surface area contributed by atoms with E-state index in [1.807, 2.05) is 16.7 Å². The molecule has 25 heavy (non-hydrogen) atoms. The van der Waals surface area contributed by atoms with Crippen molar-refractivity contribution in [3.05, 3.63) is 52.1 Å². The molecule has 1 aliphatic heterocycles. The largest absolute Gasteiger partial charge is 0.351 e. The van der Waals surface area contributed by atoms with Gasteiger partial charge in [-0.05, 0) is 25.0 Å². The standard InChI is InChI=1S/C17H17N5O2S/c1-10-7-11-3-2-4-12-14(11)22(10)8-13(15(12)23)16(24)18-5-6-25-17-19-9-20-21-17/h2-4,8-10H,5-7H2,1H3,(H,18,24)(H,19,20,21). The lowest BCUT2D eigenvalue weighted by atomic mass is 10.1. The van der Waals surface area contributed by atoms with Crippen LogP contribution < -0.4 is 10.7 Å². The number of hydrogen-bond donors (Lipinski definition) is 2. The van der Waals surface area contributed by atoms with Crippen LogP contribution in [0.25, 0.3) is 10.9 Å². The minimum absolute atomic E-state index is 0.197. The first kappa shape index (κ1) is 15.9. The van der Waals surface area contributed by atoms with Crippen molar-refractivity contribution in [2.24, 2.45) is 0 Å². The molecule has 3 heterocycles. The molecule has 2 aromatic heterocycles. The van der Waals surface area contributed by atoms with Gasteiger partial charge in [0, 0.05) is 29.9 Å². The van der Waals surface area contributed by atoms with Crippen molar-refractivity contribution in [2.45, 2.75) is 24.5 Å². The van der Waals surface area contributed by atoms with Crippen LogP contribution in [0.2, 0.25) is 0 Å². The Morgan fingerprint density at radius 2 is 2.36 bits per heavy atom. The smallest absolute Gasteiger partial charge is 0.256 e. The number of H-pyrrole nitrogens is 1. The number of thioether (sulfide) groups is 1. The molecule has 128 valence electrons. The number of aromatic amines is 1. The third-order valence-corrected chi connectivity index (χ3v) is 5.27. The second kappa shape index (κ2) is 6.36. The van der Waals surface area contributed by atoms with Crippen molar-refractivity contribution in [3.63, 3.8) is 0 Å². The number of pyridine rings is 1. The molecule has 8 heteroatoms. The fraction of sp³-hybridized carbons (Fsp3) is 0.294. The van der Waals surface area contributed by atoms with E-state index in [0.29, 0.717) is 22.8 Å².